The van der Waals surface area contributed by atoms with Crippen molar-refractivity contribution >= 4 is 18.6 Å². The van der Waals surface area contributed by atoms with E-state index in [9.17, 15) is 4.79 Å². The monoisotopic (exact) mass is 288 g/mol. The van der Waals surface area contributed by atoms with Gasteiger partial charge in [-0.05, 0) is 38.7 Å². The summed E-state index contributed by atoms with van der Waals surface area (Å²) < 4.78 is 12.2. The molecule has 112 valence electrons. The molecule has 6 heteroatoms. The Balaban J connectivity index is 1.92. The molecule has 2 heterocycles. The van der Waals surface area contributed by atoms with Crippen LogP contribution in [0.5, 0.6) is 0 Å². The van der Waals surface area contributed by atoms with Crippen LogP contribution in [0.1, 0.15) is 39.3 Å². The minimum Gasteiger partial charge on any atom is -0.399 e. The van der Waals surface area contributed by atoms with Crippen LogP contribution in [0.25, 0.3) is 0 Å². The number of hydrogen-bond acceptors (Lipinski definition) is 3. The van der Waals surface area contributed by atoms with Crippen LogP contribution in [0.4, 0.5) is 4.79 Å². The van der Waals surface area contributed by atoms with E-state index in [1.54, 1.807) is 0 Å². The highest BCUT2D eigenvalue weighted by atomic mass is 16.7. The molecule has 0 radical (unpaired) electrons. The lowest BCUT2D eigenvalue weighted by Crippen LogP contribution is -2.41. The van der Waals surface area contributed by atoms with Gasteiger partial charge in [0, 0.05) is 6.54 Å². The minimum absolute atomic E-state index is 0.0484. The lowest BCUT2D eigenvalue weighted by molar-refractivity contribution is 0.00578. The molecule has 3 rings (SSSR count). The fraction of sp³-hybridized carbons (Fsp3) is 0.533. The SMILES string of the molecule is CC1(C)OB(c2ccccc2C2CNC(=O)N2)OC1(C)C. The van der Waals surface area contributed by atoms with Crippen molar-refractivity contribution < 1.29 is 14.1 Å². The molecule has 2 N–H and O–H groups in total. The van der Waals surface area contributed by atoms with E-state index < -0.39 is 7.12 Å². The molecular weight excluding hydrogens is 267 g/mol. The Morgan fingerprint density at radius 1 is 1.14 bits per heavy atom. The fourth-order valence-corrected chi connectivity index (χ4v) is 2.66. The molecule has 2 aliphatic rings. The van der Waals surface area contributed by atoms with E-state index >= 15 is 0 Å². The van der Waals surface area contributed by atoms with Crippen LogP contribution >= 0.6 is 0 Å². The Bertz CT molecular complexity index is 558. The summed E-state index contributed by atoms with van der Waals surface area (Å²) in [6, 6.07) is 7.76. The molecule has 0 aromatic heterocycles. The fourth-order valence-electron chi connectivity index (χ4n) is 2.66. The van der Waals surface area contributed by atoms with Crippen molar-refractivity contribution in [1.82, 2.24) is 10.6 Å². The number of carbonyl (C=O) groups is 1. The average molecular weight is 288 g/mol. The number of amides is 2. The van der Waals surface area contributed by atoms with Crippen molar-refractivity contribution in [3.05, 3.63) is 29.8 Å². The van der Waals surface area contributed by atoms with E-state index in [1.807, 2.05) is 52.0 Å². The zero-order valence-corrected chi connectivity index (χ0v) is 12.9. The summed E-state index contributed by atoms with van der Waals surface area (Å²) >= 11 is 0. The van der Waals surface area contributed by atoms with E-state index in [0.717, 1.165) is 11.0 Å². The predicted molar refractivity (Wildman–Crippen MR) is 81.4 cm³/mol. The maximum atomic E-state index is 11.4. The van der Waals surface area contributed by atoms with Gasteiger partial charge in [-0.1, -0.05) is 24.3 Å². The lowest BCUT2D eigenvalue weighted by atomic mass is 9.74. The van der Waals surface area contributed by atoms with Gasteiger partial charge < -0.3 is 19.9 Å². The van der Waals surface area contributed by atoms with Crippen LogP contribution in [0.2, 0.25) is 0 Å². The first-order valence-corrected chi connectivity index (χ1v) is 7.29. The van der Waals surface area contributed by atoms with Gasteiger partial charge in [-0.3, -0.25) is 0 Å². The Labute approximate surface area is 125 Å². The van der Waals surface area contributed by atoms with Crippen LogP contribution in [0.3, 0.4) is 0 Å². The topological polar surface area (TPSA) is 59.6 Å². The Kier molecular flexibility index (Phi) is 3.26. The third-order valence-corrected chi connectivity index (χ3v) is 4.65. The Morgan fingerprint density at radius 2 is 1.76 bits per heavy atom. The van der Waals surface area contributed by atoms with Gasteiger partial charge in [-0.15, -0.1) is 0 Å². The van der Waals surface area contributed by atoms with Crippen LogP contribution in [0, 0.1) is 0 Å². The number of nitrogens with one attached hydrogen (secondary N) is 2. The van der Waals surface area contributed by atoms with E-state index in [1.165, 1.54) is 0 Å². The summed E-state index contributed by atoms with van der Waals surface area (Å²) in [4.78, 5) is 11.4. The normalized spacial score (nSPS) is 26.6. The first-order chi connectivity index (χ1) is 9.80. The largest absolute Gasteiger partial charge is 0.495 e. The van der Waals surface area contributed by atoms with Gasteiger partial charge in [-0.25, -0.2) is 4.79 Å². The summed E-state index contributed by atoms with van der Waals surface area (Å²) in [7, 11) is -0.413. The van der Waals surface area contributed by atoms with Crippen molar-refractivity contribution in [3.63, 3.8) is 0 Å². The molecule has 2 fully saturated rings. The second-order valence-electron chi connectivity index (χ2n) is 6.62. The van der Waals surface area contributed by atoms with Gasteiger partial charge in [0.05, 0.1) is 17.2 Å². The molecule has 0 spiro atoms. The lowest BCUT2D eigenvalue weighted by Gasteiger charge is -2.32. The molecule has 1 aromatic carbocycles. The zero-order chi connectivity index (χ0) is 15.3. The van der Waals surface area contributed by atoms with Gasteiger partial charge >= 0.3 is 13.1 Å². The van der Waals surface area contributed by atoms with Gasteiger partial charge in [0.25, 0.3) is 0 Å². The zero-order valence-electron chi connectivity index (χ0n) is 12.9. The summed E-state index contributed by atoms with van der Waals surface area (Å²) in [6.45, 7) is 8.72. The summed E-state index contributed by atoms with van der Waals surface area (Å²) in [5.74, 6) is 0. The molecular formula is C15H21BN2O3. The average Bonchev–Trinajstić information content (AvgIpc) is 2.92. The van der Waals surface area contributed by atoms with E-state index in [4.69, 9.17) is 9.31 Å². The first kappa shape index (κ1) is 14.4. The molecule has 1 unspecified atom stereocenters. The second-order valence-corrected chi connectivity index (χ2v) is 6.62. The van der Waals surface area contributed by atoms with Crippen LogP contribution in [-0.2, 0) is 9.31 Å². The van der Waals surface area contributed by atoms with Crippen molar-refractivity contribution in [2.45, 2.75) is 44.9 Å². The van der Waals surface area contributed by atoms with Crippen molar-refractivity contribution in [3.8, 4) is 0 Å². The minimum atomic E-state index is -0.413. The maximum absolute atomic E-state index is 11.4. The molecule has 0 saturated carbocycles. The summed E-state index contributed by atoms with van der Waals surface area (Å²) in [5.41, 5.74) is 1.27. The predicted octanol–water partition coefficient (Wildman–Crippen LogP) is 1.34. The van der Waals surface area contributed by atoms with E-state index in [2.05, 4.69) is 10.6 Å². The molecule has 2 amide bonds. The Morgan fingerprint density at radius 3 is 2.33 bits per heavy atom. The summed E-state index contributed by atoms with van der Waals surface area (Å²) in [5, 5.41) is 5.70. The smallest absolute Gasteiger partial charge is 0.399 e. The Hall–Kier alpha value is -1.53. The molecule has 0 aliphatic carbocycles. The summed E-state index contributed by atoms with van der Waals surface area (Å²) in [6.07, 6.45) is 0. The van der Waals surface area contributed by atoms with Crippen molar-refractivity contribution in [2.24, 2.45) is 0 Å². The third-order valence-electron chi connectivity index (χ3n) is 4.65. The number of hydrogen-bond donors (Lipinski definition) is 2. The molecule has 5 nitrogen and oxygen atoms in total. The van der Waals surface area contributed by atoms with Crippen molar-refractivity contribution in [2.75, 3.05) is 6.54 Å². The molecule has 2 aliphatic heterocycles. The van der Waals surface area contributed by atoms with Gasteiger partial charge in [0.15, 0.2) is 0 Å². The number of urea groups is 1. The second kappa shape index (κ2) is 4.75. The number of benzene rings is 1. The highest BCUT2D eigenvalue weighted by molar-refractivity contribution is 6.62. The molecule has 1 aromatic rings. The van der Waals surface area contributed by atoms with Gasteiger partial charge in [0.1, 0.15) is 0 Å². The number of carbonyl (C=O) groups excluding carboxylic acids is 1. The molecule has 2 saturated heterocycles. The van der Waals surface area contributed by atoms with Crippen LogP contribution in [-0.4, -0.2) is 30.9 Å². The quantitative estimate of drug-likeness (QED) is 0.807. The molecule has 1 atom stereocenters. The number of rotatable bonds is 2. The van der Waals surface area contributed by atoms with Crippen LogP contribution < -0.4 is 16.1 Å². The first-order valence-electron chi connectivity index (χ1n) is 7.29. The third kappa shape index (κ3) is 2.42. The van der Waals surface area contributed by atoms with E-state index in [0.29, 0.717) is 6.54 Å². The highest BCUT2D eigenvalue weighted by Gasteiger charge is 2.52. The maximum Gasteiger partial charge on any atom is 0.495 e. The van der Waals surface area contributed by atoms with Gasteiger partial charge in [-0.2, -0.15) is 0 Å². The van der Waals surface area contributed by atoms with Gasteiger partial charge in [0.2, 0.25) is 0 Å². The van der Waals surface area contributed by atoms with Crippen molar-refractivity contribution in [1.29, 1.82) is 0 Å². The van der Waals surface area contributed by atoms with E-state index in [-0.39, 0.29) is 23.3 Å². The van der Waals surface area contributed by atoms with Crippen LogP contribution in [0.15, 0.2) is 24.3 Å². The molecule has 21 heavy (non-hydrogen) atoms. The highest BCUT2D eigenvalue weighted by Crippen LogP contribution is 2.37. The standard InChI is InChI=1S/C15H21BN2O3/c1-14(2)15(3,4)21-16(20-14)11-8-6-5-7-10(11)12-9-17-13(19)18-12/h5-8,12H,9H2,1-4H3,(H2,17,18,19). The molecule has 0 bridgehead atoms.